The van der Waals surface area contributed by atoms with Crippen LogP contribution in [0.15, 0.2) is 47.4 Å². The van der Waals surface area contributed by atoms with Gasteiger partial charge in [0.15, 0.2) is 11.5 Å². The zero-order valence-corrected chi connectivity index (χ0v) is 18.2. The molecular formula is C24H29N5O2. The van der Waals surface area contributed by atoms with E-state index in [1.165, 1.54) is 5.56 Å². The number of nitrogens with one attached hydrogen (secondary N) is 1. The summed E-state index contributed by atoms with van der Waals surface area (Å²) < 4.78 is 1.70. The lowest BCUT2D eigenvalue weighted by Crippen LogP contribution is -2.45. The van der Waals surface area contributed by atoms with Gasteiger partial charge < -0.3 is 10.2 Å². The highest BCUT2D eigenvalue weighted by Gasteiger charge is 2.28. The van der Waals surface area contributed by atoms with Gasteiger partial charge in [-0.1, -0.05) is 36.8 Å². The Morgan fingerprint density at radius 1 is 1.23 bits per heavy atom. The number of amides is 1. The number of hydrogen-bond acceptors (Lipinski definition) is 5. The molecule has 0 aliphatic carbocycles. The molecule has 0 bridgehead atoms. The number of anilines is 1. The number of fused-ring (bicyclic) bond motifs is 1. The van der Waals surface area contributed by atoms with Crippen LogP contribution in [-0.4, -0.2) is 40.1 Å². The largest absolute Gasteiger partial charge is 0.356 e. The first kappa shape index (κ1) is 21.0. The van der Waals surface area contributed by atoms with Crippen LogP contribution in [0, 0.1) is 12.8 Å². The molecule has 1 N–H and O–H groups in total. The molecule has 31 heavy (non-hydrogen) atoms. The topological polar surface area (TPSA) is 80.1 Å². The van der Waals surface area contributed by atoms with E-state index in [9.17, 15) is 9.59 Å². The van der Waals surface area contributed by atoms with E-state index >= 15 is 0 Å². The molecule has 2 aromatic heterocycles. The van der Waals surface area contributed by atoms with Crippen LogP contribution in [0.2, 0.25) is 0 Å². The molecule has 1 atom stereocenters. The Labute approximate surface area is 182 Å². The van der Waals surface area contributed by atoms with Crippen LogP contribution in [0.4, 0.5) is 5.82 Å². The maximum absolute atomic E-state index is 13.5. The van der Waals surface area contributed by atoms with Crippen LogP contribution in [0.3, 0.4) is 0 Å². The average molecular weight is 420 g/mol. The molecule has 1 fully saturated rings. The van der Waals surface area contributed by atoms with Crippen molar-refractivity contribution in [2.75, 3.05) is 24.5 Å². The number of aryl methyl sites for hydroxylation is 1. The van der Waals surface area contributed by atoms with E-state index in [0.717, 1.165) is 31.4 Å². The fourth-order valence-corrected chi connectivity index (χ4v) is 4.07. The zero-order chi connectivity index (χ0) is 21.8. The Balaban J connectivity index is 1.69. The third-order valence-electron chi connectivity index (χ3n) is 5.79. The van der Waals surface area contributed by atoms with Crippen molar-refractivity contribution < 1.29 is 4.79 Å². The van der Waals surface area contributed by atoms with Crippen LogP contribution in [-0.2, 0) is 11.3 Å². The van der Waals surface area contributed by atoms with E-state index in [1.54, 1.807) is 10.8 Å². The summed E-state index contributed by atoms with van der Waals surface area (Å²) in [6, 6.07) is 11.9. The van der Waals surface area contributed by atoms with E-state index < -0.39 is 0 Å². The quantitative estimate of drug-likeness (QED) is 0.665. The van der Waals surface area contributed by atoms with Crippen LogP contribution >= 0.6 is 0 Å². The molecule has 1 aromatic carbocycles. The number of carbonyl (C=O) groups excluding carboxylic acids is 1. The predicted octanol–water partition coefficient (Wildman–Crippen LogP) is 2.89. The van der Waals surface area contributed by atoms with Gasteiger partial charge in [0.25, 0.3) is 5.56 Å². The van der Waals surface area contributed by atoms with E-state index in [0.29, 0.717) is 36.6 Å². The average Bonchev–Trinajstić information content (AvgIpc) is 2.80. The molecule has 4 rings (SSSR count). The summed E-state index contributed by atoms with van der Waals surface area (Å²) in [5.41, 5.74) is 3.30. The van der Waals surface area contributed by atoms with Crippen molar-refractivity contribution in [3.63, 3.8) is 0 Å². The normalized spacial score (nSPS) is 16.5. The Kier molecular flexibility index (Phi) is 6.30. The molecule has 0 unspecified atom stereocenters. The summed E-state index contributed by atoms with van der Waals surface area (Å²) in [5, 5.41) is 2.99. The van der Waals surface area contributed by atoms with Crippen LogP contribution in [0.1, 0.15) is 37.3 Å². The number of hydrogen-bond donors (Lipinski definition) is 1. The van der Waals surface area contributed by atoms with Crippen molar-refractivity contribution in [1.82, 2.24) is 19.9 Å². The van der Waals surface area contributed by atoms with Crippen molar-refractivity contribution in [3.8, 4) is 0 Å². The number of aromatic nitrogens is 3. The highest BCUT2D eigenvalue weighted by molar-refractivity contribution is 5.79. The molecule has 162 valence electrons. The Bertz CT molecular complexity index is 1120. The third kappa shape index (κ3) is 4.60. The molecule has 1 aliphatic heterocycles. The van der Waals surface area contributed by atoms with Crippen LogP contribution in [0.5, 0.6) is 0 Å². The summed E-state index contributed by atoms with van der Waals surface area (Å²) in [5.74, 6) is 0.339. The minimum atomic E-state index is -0.165. The zero-order valence-electron chi connectivity index (χ0n) is 18.2. The van der Waals surface area contributed by atoms with Gasteiger partial charge in [-0.3, -0.25) is 14.2 Å². The molecule has 1 aliphatic rings. The van der Waals surface area contributed by atoms with Gasteiger partial charge in [-0.05, 0) is 43.9 Å². The lowest BCUT2D eigenvalue weighted by molar-refractivity contribution is -0.125. The van der Waals surface area contributed by atoms with Crippen molar-refractivity contribution in [3.05, 3.63) is 64.1 Å². The lowest BCUT2D eigenvalue weighted by atomic mass is 9.97. The number of pyridine rings is 1. The molecule has 7 heteroatoms. The van der Waals surface area contributed by atoms with Gasteiger partial charge in [-0.2, -0.15) is 0 Å². The molecule has 0 spiro atoms. The predicted molar refractivity (Wildman–Crippen MR) is 122 cm³/mol. The summed E-state index contributed by atoms with van der Waals surface area (Å²) in [6.45, 7) is 6.41. The van der Waals surface area contributed by atoms with Gasteiger partial charge in [0.2, 0.25) is 5.91 Å². The number of carbonyl (C=O) groups is 1. The minimum absolute atomic E-state index is 0.0639. The maximum Gasteiger partial charge on any atom is 0.295 e. The third-order valence-corrected chi connectivity index (χ3v) is 5.79. The van der Waals surface area contributed by atoms with Gasteiger partial charge in [-0.25, -0.2) is 9.97 Å². The lowest BCUT2D eigenvalue weighted by Gasteiger charge is -2.32. The molecule has 3 heterocycles. The van der Waals surface area contributed by atoms with Crippen molar-refractivity contribution in [1.29, 1.82) is 0 Å². The van der Waals surface area contributed by atoms with E-state index in [4.69, 9.17) is 0 Å². The van der Waals surface area contributed by atoms with Gasteiger partial charge in [-0.15, -0.1) is 0 Å². The van der Waals surface area contributed by atoms with E-state index in [-0.39, 0.29) is 17.4 Å². The molecular weight excluding hydrogens is 390 g/mol. The van der Waals surface area contributed by atoms with Crippen molar-refractivity contribution >= 4 is 22.9 Å². The van der Waals surface area contributed by atoms with Crippen LogP contribution < -0.4 is 15.8 Å². The number of benzene rings is 1. The first-order valence-electron chi connectivity index (χ1n) is 11.0. The van der Waals surface area contributed by atoms with Crippen LogP contribution in [0.25, 0.3) is 11.2 Å². The monoisotopic (exact) mass is 419 g/mol. The number of rotatable bonds is 6. The molecule has 0 saturated carbocycles. The highest BCUT2D eigenvalue weighted by Crippen LogP contribution is 2.22. The molecule has 3 aromatic rings. The highest BCUT2D eigenvalue weighted by atomic mass is 16.2. The first-order valence-corrected chi connectivity index (χ1v) is 11.0. The minimum Gasteiger partial charge on any atom is -0.356 e. The smallest absolute Gasteiger partial charge is 0.295 e. The summed E-state index contributed by atoms with van der Waals surface area (Å²) in [6.07, 6.45) is 4.28. The standard InChI is InChI=1S/C24H29N5O2/c1-3-12-26-23(30)19-6-5-14-28(16-19)22-24(31)29(15-18-10-8-17(2)9-11-18)21-20(27-22)7-4-13-25-21/h4,7-11,13,19H,3,5-6,12,14-16H2,1-2H3,(H,26,30)/t19-/m0/s1. The Hall–Kier alpha value is -3.22. The number of piperidine rings is 1. The second-order valence-corrected chi connectivity index (χ2v) is 8.23. The second kappa shape index (κ2) is 9.29. The molecule has 7 nitrogen and oxygen atoms in total. The van der Waals surface area contributed by atoms with Gasteiger partial charge in [0, 0.05) is 25.8 Å². The summed E-state index contributed by atoms with van der Waals surface area (Å²) >= 11 is 0. The van der Waals surface area contributed by atoms with Crippen molar-refractivity contribution in [2.45, 2.75) is 39.7 Å². The van der Waals surface area contributed by atoms with Gasteiger partial charge in [0.05, 0.1) is 12.5 Å². The molecule has 1 saturated heterocycles. The van der Waals surface area contributed by atoms with Gasteiger partial charge >= 0.3 is 0 Å². The molecule has 0 radical (unpaired) electrons. The van der Waals surface area contributed by atoms with Gasteiger partial charge in [0.1, 0.15) is 5.52 Å². The van der Waals surface area contributed by atoms with E-state index in [2.05, 4.69) is 15.3 Å². The maximum atomic E-state index is 13.5. The molecule has 1 amide bonds. The first-order chi connectivity index (χ1) is 15.1. The second-order valence-electron chi connectivity index (χ2n) is 8.23. The number of nitrogens with zero attached hydrogens (tertiary/aromatic N) is 4. The van der Waals surface area contributed by atoms with Crippen molar-refractivity contribution in [2.24, 2.45) is 5.92 Å². The fourth-order valence-electron chi connectivity index (χ4n) is 4.07. The SMILES string of the molecule is CCCNC(=O)[C@H]1CCCN(c2nc3cccnc3n(Cc3ccc(C)cc3)c2=O)C1. The summed E-state index contributed by atoms with van der Waals surface area (Å²) in [7, 11) is 0. The Morgan fingerprint density at radius 3 is 2.81 bits per heavy atom. The van der Waals surface area contributed by atoms with E-state index in [1.807, 2.05) is 55.1 Å². The Morgan fingerprint density at radius 2 is 2.03 bits per heavy atom. The summed E-state index contributed by atoms with van der Waals surface area (Å²) in [4.78, 5) is 37.1. The fraction of sp³-hybridized carbons (Fsp3) is 0.417.